The molecule has 2 N–H and O–H groups in total. The predicted molar refractivity (Wildman–Crippen MR) is 59.4 cm³/mol. The molecule has 0 aromatic carbocycles. The average molecular weight is 231 g/mol. The average Bonchev–Trinajstić information content (AvgIpc) is 2.28. The molecule has 0 spiro atoms. The zero-order valence-electron chi connectivity index (χ0n) is 9.60. The van der Waals surface area contributed by atoms with Gasteiger partial charge < -0.3 is 19.8 Å². The zero-order valence-corrected chi connectivity index (χ0v) is 9.60. The number of hydrogen-bond acceptors (Lipinski definition) is 4. The van der Waals surface area contributed by atoms with Gasteiger partial charge in [-0.05, 0) is 32.2 Å². The molecule has 0 atom stereocenters. The fourth-order valence-corrected chi connectivity index (χ4v) is 1.94. The van der Waals surface area contributed by atoms with Crippen LogP contribution in [0.25, 0.3) is 0 Å². The summed E-state index contributed by atoms with van der Waals surface area (Å²) in [6.45, 7) is 3.03. The Bertz CT molecular complexity index is 202. The maximum Gasteiger partial charge on any atom is 0.329 e. The second-order valence-electron chi connectivity index (χ2n) is 4.18. The Morgan fingerprint density at radius 1 is 1.31 bits per heavy atom. The van der Waals surface area contributed by atoms with Gasteiger partial charge in [-0.1, -0.05) is 0 Å². The fourth-order valence-electron chi connectivity index (χ4n) is 1.94. The minimum Gasteiger partial charge on any atom is -0.480 e. The standard InChI is InChI=1S/C11H21NO4/c13-8-2-1-5-12-6-3-10(4-7-12)16-9-11(14)15/h10,13H,1-9H2,(H,14,15). The third-order valence-corrected chi connectivity index (χ3v) is 2.86. The summed E-state index contributed by atoms with van der Waals surface area (Å²) in [5.41, 5.74) is 0. The molecule has 1 aliphatic heterocycles. The second-order valence-corrected chi connectivity index (χ2v) is 4.18. The number of piperidine rings is 1. The van der Waals surface area contributed by atoms with E-state index in [9.17, 15) is 4.79 Å². The number of hydrogen-bond donors (Lipinski definition) is 2. The summed E-state index contributed by atoms with van der Waals surface area (Å²) in [7, 11) is 0. The highest BCUT2D eigenvalue weighted by atomic mass is 16.5. The van der Waals surface area contributed by atoms with E-state index in [1.54, 1.807) is 0 Å². The fraction of sp³-hybridized carbons (Fsp3) is 0.909. The van der Waals surface area contributed by atoms with E-state index in [0.29, 0.717) is 0 Å². The lowest BCUT2D eigenvalue weighted by Gasteiger charge is -2.31. The number of carboxylic acids is 1. The number of aliphatic hydroxyl groups is 1. The number of rotatable bonds is 7. The molecule has 0 radical (unpaired) electrons. The summed E-state index contributed by atoms with van der Waals surface area (Å²) in [6.07, 6.45) is 3.80. The summed E-state index contributed by atoms with van der Waals surface area (Å²) < 4.78 is 5.25. The molecule has 0 aliphatic carbocycles. The molecule has 5 heteroatoms. The lowest BCUT2D eigenvalue weighted by molar-refractivity contribution is -0.145. The molecule has 5 nitrogen and oxygen atoms in total. The number of unbranched alkanes of at least 4 members (excludes halogenated alkanes) is 1. The first-order valence-corrected chi connectivity index (χ1v) is 5.89. The van der Waals surface area contributed by atoms with Crippen LogP contribution in [0.2, 0.25) is 0 Å². The Labute approximate surface area is 96.0 Å². The number of nitrogens with zero attached hydrogens (tertiary/aromatic N) is 1. The van der Waals surface area contributed by atoms with Crippen molar-refractivity contribution in [3.8, 4) is 0 Å². The van der Waals surface area contributed by atoms with Gasteiger partial charge in [-0.2, -0.15) is 0 Å². The Balaban J connectivity index is 2.06. The minimum absolute atomic E-state index is 0.102. The van der Waals surface area contributed by atoms with Crippen LogP contribution in [0, 0.1) is 0 Å². The van der Waals surface area contributed by atoms with Gasteiger partial charge in [0.25, 0.3) is 0 Å². The van der Waals surface area contributed by atoms with Gasteiger partial charge in [-0.25, -0.2) is 4.79 Å². The Hall–Kier alpha value is -0.650. The van der Waals surface area contributed by atoms with Gasteiger partial charge >= 0.3 is 5.97 Å². The monoisotopic (exact) mass is 231 g/mol. The van der Waals surface area contributed by atoms with Gasteiger partial charge in [0.05, 0.1) is 6.10 Å². The quantitative estimate of drug-likeness (QED) is 0.618. The van der Waals surface area contributed by atoms with Crippen LogP contribution in [-0.4, -0.2) is 60.0 Å². The molecule has 94 valence electrons. The summed E-state index contributed by atoms with van der Waals surface area (Å²) in [5.74, 6) is -0.898. The minimum atomic E-state index is -0.898. The molecular formula is C11H21NO4. The van der Waals surface area contributed by atoms with Crippen molar-refractivity contribution in [3.05, 3.63) is 0 Å². The number of likely N-dealkylation sites (tertiary alicyclic amines) is 1. The molecule has 0 unspecified atom stereocenters. The lowest BCUT2D eigenvalue weighted by atomic mass is 10.1. The topological polar surface area (TPSA) is 70.0 Å². The van der Waals surface area contributed by atoms with Gasteiger partial charge in [-0.15, -0.1) is 0 Å². The van der Waals surface area contributed by atoms with Crippen molar-refractivity contribution in [1.29, 1.82) is 0 Å². The smallest absolute Gasteiger partial charge is 0.329 e. The largest absolute Gasteiger partial charge is 0.480 e. The molecule has 0 saturated carbocycles. The third kappa shape index (κ3) is 5.44. The number of aliphatic hydroxyl groups excluding tert-OH is 1. The van der Waals surface area contributed by atoms with Crippen molar-refractivity contribution in [1.82, 2.24) is 4.90 Å². The normalized spacial score (nSPS) is 18.8. The van der Waals surface area contributed by atoms with Crippen molar-refractivity contribution >= 4 is 5.97 Å². The van der Waals surface area contributed by atoms with Crippen LogP contribution < -0.4 is 0 Å². The summed E-state index contributed by atoms with van der Waals surface area (Å²) in [5, 5.41) is 17.1. The first kappa shape index (κ1) is 13.4. The van der Waals surface area contributed by atoms with Crippen molar-refractivity contribution in [3.63, 3.8) is 0 Å². The highest BCUT2D eigenvalue weighted by Crippen LogP contribution is 2.13. The second kappa shape index (κ2) is 7.60. The van der Waals surface area contributed by atoms with E-state index >= 15 is 0 Å². The van der Waals surface area contributed by atoms with Gasteiger partial charge in [0.1, 0.15) is 6.61 Å². The summed E-state index contributed by atoms with van der Waals surface area (Å²) in [4.78, 5) is 12.7. The summed E-state index contributed by atoms with van der Waals surface area (Å²) >= 11 is 0. The third-order valence-electron chi connectivity index (χ3n) is 2.86. The van der Waals surface area contributed by atoms with E-state index in [4.69, 9.17) is 14.9 Å². The van der Waals surface area contributed by atoms with Crippen LogP contribution in [0.5, 0.6) is 0 Å². The van der Waals surface area contributed by atoms with Crippen molar-refractivity contribution in [2.75, 3.05) is 32.8 Å². The molecule has 1 saturated heterocycles. The molecule has 1 rings (SSSR count). The van der Waals surface area contributed by atoms with Crippen LogP contribution in [0.15, 0.2) is 0 Å². The SMILES string of the molecule is O=C(O)COC1CCN(CCCCO)CC1. The first-order chi connectivity index (χ1) is 7.72. The maximum atomic E-state index is 10.3. The van der Waals surface area contributed by atoms with E-state index in [2.05, 4.69) is 4.90 Å². The van der Waals surface area contributed by atoms with E-state index in [1.165, 1.54) is 0 Å². The predicted octanol–water partition coefficient (Wildman–Crippen LogP) is 0.324. The van der Waals surface area contributed by atoms with Crippen LogP contribution in [-0.2, 0) is 9.53 Å². The van der Waals surface area contributed by atoms with Crippen molar-refractivity contribution < 1.29 is 19.7 Å². The first-order valence-electron chi connectivity index (χ1n) is 5.89. The number of carboxylic acid groups (broad SMARTS) is 1. The number of aliphatic carboxylic acids is 1. The van der Waals surface area contributed by atoms with Crippen LogP contribution in [0.1, 0.15) is 25.7 Å². The van der Waals surface area contributed by atoms with Gasteiger partial charge in [0.2, 0.25) is 0 Å². The molecule has 1 fully saturated rings. The van der Waals surface area contributed by atoms with Crippen LogP contribution in [0.3, 0.4) is 0 Å². The highest BCUT2D eigenvalue weighted by Gasteiger charge is 2.19. The molecule has 0 bridgehead atoms. The zero-order chi connectivity index (χ0) is 11.8. The Morgan fingerprint density at radius 3 is 2.56 bits per heavy atom. The molecule has 0 aromatic rings. The molecule has 16 heavy (non-hydrogen) atoms. The number of carbonyl (C=O) groups is 1. The van der Waals surface area contributed by atoms with E-state index in [0.717, 1.165) is 45.3 Å². The van der Waals surface area contributed by atoms with E-state index in [1.807, 2.05) is 0 Å². The van der Waals surface area contributed by atoms with Crippen molar-refractivity contribution in [2.24, 2.45) is 0 Å². The highest BCUT2D eigenvalue weighted by molar-refractivity contribution is 5.68. The maximum absolute atomic E-state index is 10.3. The van der Waals surface area contributed by atoms with Gasteiger partial charge in [0, 0.05) is 19.7 Å². The van der Waals surface area contributed by atoms with E-state index < -0.39 is 5.97 Å². The van der Waals surface area contributed by atoms with Gasteiger partial charge in [0.15, 0.2) is 0 Å². The van der Waals surface area contributed by atoms with Crippen molar-refractivity contribution in [2.45, 2.75) is 31.8 Å². The Morgan fingerprint density at radius 2 is 2.00 bits per heavy atom. The lowest BCUT2D eigenvalue weighted by Crippen LogP contribution is -2.38. The molecule has 1 aliphatic rings. The molecular weight excluding hydrogens is 210 g/mol. The van der Waals surface area contributed by atoms with Crippen LogP contribution in [0.4, 0.5) is 0 Å². The molecule has 0 aromatic heterocycles. The molecule has 0 amide bonds. The van der Waals surface area contributed by atoms with Crippen LogP contribution >= 0.6 is 0 Å². The van der Waals surface area contributed by atoms with Gasteiger partial charge in [-0.3, -0.25) is 0 Å². The summed E-state index contributed by atoms with van der Waals surface area (Å²) in [6, 6.07) is 0. The molecule has 1 heterocycles. The van der Waals surface area contributed by atoms with E-state index in [-0.39, 0.29) is 19.3 Å². The Kier molecular flexibility index (Phi) is 6.37. The number of ether oxygens (including phenoxy) is 1.